The molecule has 0 radical (unpaired) electrons. The SMILES string of the molecule is CC1(C)CC(=O)c2cc3c(cc2O1)CCC3. The molecule has 0 saturated carbocycles. The van der Waals surface area contributed by atoms with E-state index in [0.29, 0.717) is 6.42 Å². The van der Waals surface area contributed by atoms with Gasteiger partial charge in [0.2, 0.25) is 0 Å². The van der Waals surface area contributed by atoms with Crippen LogP contribution < -0.4 is 4.74 Å². The molecule has 0 spiro atoms. The lowest BCUT2D eigenvalue weighted by Gasteiger charge is -2.32. The van der Waals surface area contributed by atoms with Gasteiger partial charge in [0.25, 0.3) is 0 Å². The van der Waals surface area contributed by atoms with Crippen LogP contribution in [0.3, 0.4) is 0 Å². The van der Waals surface area contributed by atoms with Gasteiger partial charge in [-0.3, -0.25) is 4.79 Å². The van der Waals surface area contributed by atoms with Gasteiger partial charge in [-0.2, -0.15) is 0 Å². The number of carbonyl (C=O) groups excluding carboxylic acids is 1. The van der Waals surface area contributed by atoms with E-state index in [0.717, 1.165) is 24.2 Å². The second kappa shape index (κ2) is 3.09. The molecule has 2 aliphatic rings. The molecule has 2 nitrogen and oxygen atoms in total. The van der Waals surface area contributed by atoms with Crippen molar-refractivity contribution < 1.29 is 9.53 Å². The molecule has 0 saturated heterocycles. The number of Topliss-reactive ketones (excluding diaryl/α,β-unsaturated/α-hetero) is 1. The van der Waals surface area contributed by atoms with Gasteiger partial charge < -0.3 is 4.74 Å². The molecule has 0 aromatic heterocycles. The minimum atomic E-state index is -0.350. The molecule has 0 N–H and O–H groups in total. The van der Waals surface area contributed by atoms with Gasteiger partial charge in [-0.1, -0.05) is 0 Å². The molecule has 0 atom stereocenters. The van der Waals surface area contributed by atoms with E-state index in [1.54, 1.807) is 0 Å². The maximum absolute atomic E-state index is 12.0. The number of benzene rings is 1. The van der Waals surface area contributed by atoms with Crippen molar-refractivity contribution in [3.05, 3.63) is 28.8 Å². The van der Waals surface area contributed by atoms with Crippen molar-refractivity contribution in [1.82, 2.24) is 0 Å². The van der Waals surface area contributed by atoms with Crippen LogP contribution in [0.4, 0.5) is 0 Å². The highest BCUT2D eigenvalue weighted by molar-refractivity contribution is 6.00. The van der Waals surface area contributed by atoms with Gasteiger partial charge in [0.05, 0.1) is 12.0 Å². The Balaban J connectivity index is 2.13. The fourth-order valence-corrected chi connectivity index (χ4v) is 2.72. The van der Waals surface area contributed by atoms with Crippen LogP contribution >= 0.6 is 0 Å². The zero-order valence-electron chi connectivity index (χ0n) is 9.80. The van der Waals surface area contributed by atoms with Crippen LogP contribution in [0.25, 0.3) is 0 Å². The Hall–Kier alpha value is -1.31. The maximum atomic E-state index is 12.0. The smallest absolute Gasteiger partial charge is 0.170 e. The van der Waals surface area contributed by atoms with Crippen molar-refractivity contribution in [3.8, 4) is 5.75 Å². The molecule has 0 fully saturated rings. The fourth-order valence-electron chi connectivity index (χ4n) is 2.72. The number of rotatable bonds is 0. The predicted octanol–water partition coefficient (Wildman–Crippen LogP) is 2.92. The Kier molecular flexibility index (Phi) is 1.91. The van der Waals surface area contributed by atoms with Crippen LogP contribution in [-0.4, -0.2) is 11.4 Å². The summed E-state index contributed by atoms with van der Waals surface area (Å²) in [4.78, 5) is 12.0. The first kappa shape index (κ1) is 9.88. The fraction of sp³-hybridized carbons (Fsp3) is 0.500. The zero-order valence-corrected chi connectivity index (χ0v) is 9.80. The molecule has 1 aromatic rings. The lowest BCUT2D eigenvalue weighted by Crippen LogP contribution is -2.36. The third kappa shape index (κ3) is 1.44. The Morgan fingerprint density at radius 2 is 1.88 bits per heavy atom. The predicted molar refractivity (Wildman–Crippen MR) is 62.1 cm³/mol. The maximum Gasteiger partial charge on any atom is 0.170 e. The van der Waals surface area contributed by atoms with E-state index in [-0.39, 0.29) is 11.4 Å². The molecule has 0 unspecified atom stereocenters. The summed E-state index contributed by atoms with van der Waals surface area (Å²) in [6, 6.07) is 4.13. The molecule has 1 heterocycles. The topological polar surface area (TPSA) is 26.3 Å². The lowest BCUT2D eigenvalue weighted by molar-refractivity contribution is 0.0619. The Labute approximate surface area is 95.6 Å². The number of fused-ring (bicyclic) bond motifs is 2. The van der Waals surface area contributed by atoms with Crippen molar-refractivity contribution in [2.24, 2.45) is 0 Å². The van der Waals surface area contributed by atoms with Gasteiger partial charge in [-0.05, 0) is 56.4 Å². The average molecular weight is 216 g/mol. The first-order valence-electron chi connectivity index (χ1n) is 5.93. The quantitative estimate of drug-likeness (QED) is 0.666. The summed E-state index contributed by atoms with van der Waals surface area (Å²) in [6.45, 7) is 3.95. The summed E-state index contributed by atoms with van der Waals surface area (Å²) in [5.41, 5.74) is 3.15. The summed E-state index contributed by atoms with van der Waals surface area (Å²) >= 11 is 0. The van der Waals surface area contributed by atoms with Crippen molar-refractivity contribution in [2.45, 2.75) is 45.1 Å². The van der Waals surface area contributed by atoms with Crippen LogP contribution in [0.15, 0.2) is 12.1 Å². The minimum absolute atomic E-state index is 0.223. The Morgan fingerprint density at radius 3 is 2.62 bits per heavy atom. The summed E-state index contributed by atoms with van der Waals surface area (Å²) in [6.07, 6.45) is 3.93. The third-order valence-electron chi connectivity index (χ3n) is 3.47. The molecular formula is C14H16O2. The summed E-state index contributed by atoms with van der Waals surface area (Å²) in [7, 11) is 0. The molecule has 2 heteroatoms. The van der Waals surface area contributed by atoms with Crippen molar-refractivity contribution >= 4 is 5.78 Å². The molecule has 16 heavy (non-hydrogen) atoms. The van der Waals surface area contributed by atoms with E-state index >= 15 is 0 Å². The average Bonchev–Trinajstić information content (AvgIpc) is 2.60. The summed E-state index contributed by atoms with van der Waals surface area (Å²) in [5.74, 6) is 1.02. The first-order chi connectivity index (χ1) is 7.55. The largest absolute Gasteiger partial charge is 0.487 e. The van der Waals surface area contributed by atoms with E-state index < -0.39 is 0 Å². The highest BCUT2D eigenvalue weighted by Gasteiger charge is 2.33. The highest BCUT2D eigenvalue weighted by Crippen LogP contribution is 2.37. The van der Waals surface area contributed by atoms with Crippen LogP contribution in [0, 0.1) is 0 Å². The van der Waals surface area contributed by atoms with Gasteiger partial charge in [0.1, 0.15) is 11.4 Å². The van der Waals surface area contributed by atoms with Gasteiger partial charge in [0.15, 0.2) is 5.78 Å². The monoisotopic (exact) mass is 216 g/mol. The van der Waals surface area contributed by atoms with Gasteiger partial charge >= 0.3 is 0 Å². The molecular weight excluding hydrogens is 200 g/mol. The molecule has 1 aliphatic heterocycles. The second-order valence-corrected chi connectivity index (χ2v) is 5.43. The zero-order chi connectivity index (χ0) is 11.3. The summed E-state index contributed by atoms with van der Waals surface area (Å²) < 4.78 is 5.89. The van der Waals surface area contributed by atoms with Crippen molar-refractivity contribution in [2.75, 3.05) is 0 Å². The number of hydrogen-bond acceptors (Lipinski definition) is 2. The standard InChI is InChI=1S/C14H16O2/c1-14(2)8-12(15)11-6-9-4-3-5-10(9)7-13(11)16-14/h6-7H,3-5,8H2,1-2H3. The Morgan fingerprint density at radius 1 is 1.19 bits per heavy atom. The number of aryl methyl sites for hydroxylation is 2. The van der Waals surface area contributed by atoms with Crippen LogP contribution in [-0.2, 0) is 12.8 Å². The highest BCUT2D eigenvalue weighted by atomic mass is 16.5. The molecule has 1 aromatic carbocycles. The van der Waals surface area contributed by atoms with Gasteiger partial charge in [-0.15, -0.1) is 0 Å². The van der Waals surface area contributed by atoms with Crippen LogP contribution in [0.2, 0.25) is 0 Å². The van der Waals surface area contributed by atoms with E-state index in [1.807, 2.05) is 13.8 Å². The normalized spacial score (nSPS) is 21.2. The van der Waals surface area contributed by atoms with Crippen molar-refractivity contribution in [1.29, 1.82) is 0 Å². The molecule has 0 amide bonds. The van der Waals surface area contributed by atoms with E-state index in [9.17, 15) is 4.79 Å². The number of hydrogen-bond donors (Lipinski definition) is 0. The summed E-state index contributed by atoms with van der Waals surface area (Å²) in [5, 5.41) is 0. The van der Waals surface area contributed by atoms with Crippen LogP contribution in [0.1, 0.15) is 48.2 Å². The number of ketones is 1. The van der Waals surface area contributed by atoms with Gasteiger partial charge in [-0.25, -0.2) is 0 Å². The second-order valence-electron chi connectivity index (χ2n) is 5.43. The lowest BCUT2D eigenvalue weighted by atomic mass is 9.91. The Bertz CT molecular complexity index is 472. The molecule has 1 aliphatic carbocycles. The van der Waals surface area contributed by atoms with E-state index in [4.69, 9.17) is 4.74 Å². The first-order valence-corrected chi connectivity index (χ1v) is 5.93. The van der Waals surface area contributed by atoms with Crippen LogP contribution in [0.5, 0.6) is 5.75 Å². The molecule has 84 valence electrons. The van der Waals surface area contributed by atoms with E-state index in [1.165, 1.54) is 17.5 Å². The number of ether oxygens (including phenoxy) is 1. The molecule has 3 rings (SSSR count). The van der Waals surface area contributed by atoms with Crippen molar-refractivity contribution in [3.63, 3.8) is 0 Å². The third-order valence-corrected chi connectivity index (χ3v) is 3.47. The minimum Gasteiger partial charge on any atom is -0.487 e. The molecule has 0 bridgehead atoms. The van der Waals surface area contributed by atoms with E-state index in [2.05, 4.69) is 12.1 Å². The number of carbonyl (C=O) groups is 1. The van der Waals surface area contributed by atoms with Gasteiger partial charge in [0, 0.05) is 0 Å².